The van der Waals surface area contributed by atoms with Crippen molar-refractivity contribution in [3.63, 3.8) is 0 Å². The van der Waals surface area contributed by atoms with Crippen LogP contribution in [-0.4, -0.2) is 70.4 Å². The van der Waals surface area contributed by atoms with Gasteiger partial charge in [-0.2, -0.15) is 0 Å². The Labute approximate surface area is 318 Å². The minimum atomic E-state index is -1.55. The molecule has 9 heteroatoms. The average molecular weight is 716 g/mol. The lowest BCUT2D eigenvalue weighted by Crippen LogP contribution is -2.36. The maximum absolute atomic E-state index is 10.2. The highest BCUT2D eigenvalue weighted by atomic mass is 16.5. The van der Waals surface area contributed by atoms with Gasteiger partial charge in [-0.1, -0.05) is 140 Å². The number of benzene rings is 7. The van der Waals surface area contributed by atoms with Crippen LogP contribution >= 0.6 is 0 Å². The summed E-state index contributed by atoms with van der Waals surface area (Å²) in [4.78, 5) is 4.63. The van der Waals surface area contributed by atoms with E-state index in [4.69, 9.17) is 4.74 Å². The van der Waals surface area contributed by atoms with E-state index in [1.54, 1.807) is 12.1 Å². The minimum absolute atomic E-state index is 0.508. The highest BCUT2D eigenvalue weighted by molar-refractivity contribution is 6.59. The third kappa shape index (κ3) is 8.75. The lowest BCUT2D eigenvalue weighted by atomic mass is 9.77. The van der Waals surface area contributed by atoms with Gasteiger partial charge in [-0.25, -0.2) is 0 Å². The van der Waals surface area contributed by atoms with Gasteiger partial charge in [0, 0.05) is 45.9 Å². The molecule has 0 saturated heterocycles. The van der Waals surface area contributed by atoms with Crippen molar-refractivity contribution in [3.8, 4) is 0 Å². The van der Waals surface area contributed by atoms with Crippen LogP contribution in [0, 0.1) is 0 Å². The van der Waals surface area contributed by atoms with E-state index in [0.717, 1.165) is 29.7 Å². The number of ether oxygens (including phenoxy) is 1. The maximum Gasteiger partial charge on any atom is 0.488 e. The first kappa shape index (κ1) is 37.5. The monoisotopic (exact) mass is 716 g/mol. The molecule has 0 bridgehead atoms. The Kier molecular flexibility index (Phi) is 12.2. The molecule has 0 aliphatic heterocycles. The van der Waals surface area contributed by atoms with Crippen LogP contribution in [-0.2, 0) is 30.9 Å². The van der Waals surface area contributed by atoms with Gasteiger partial charge in [0.2, 0.25) is 0 Å². The van der Waals surface area contributed by atoms with Gasteiger partial charge in [0.05, 0.1) is 6.61 Å². The van der Waals surface area contributed by atoms with E-state index in [1.165, 1.54) is 43.4 Å². The van der Waals surface area contributed by atoms with Crippen molar-refractivity contribution >= 4 is 63.6 Å². The van der Waals surface area contributed by atoms with Crippen LogP contribution in [0.1, 0.15) is 34.2 Å². The van der Waals surface area contributed by atoms with Gasteiger partial charge in [0.15, 0.2) is 0 Å². The van der Waals surface area contributed by atoms with Crippen molar-refractivity contribution < 1.29 is 24.8 Å². The zero-order valence-electron chi connectivity index (χ0n) is 30.5. The molecule has 0 saturated carbocycles. The van der Waals surface area contributed by atoms with Crippen LogP contribution < -0.4 is 10.9 Å². The van der Waals surface area contributed by atoms with Crippen molar-refractivity contribution in [1.82, 2.24) is 9.80 Å². The average Bonchev–Trinajstić information content (AvgIpc) is 3.19. The van der Waals surface area contributed by atoms with E-state index in [-0.39, 0.29) is 0 Å². The zero-order valence-corrected chi connectivity index (χ0v) is 30.5. The molecule has 7 aromatic carbocycles. The smallest absolute Gasteiger partial charge is 0.423 e. The summed E-state index contributed by atoms with van der Waals surface area (Å²) in [5, 5.41) is 47.8. The first-order valence-corrected chi connectivity index (χ1v) is 18.6. The first-order chi connectivity index (χ1) is 26.4. The predicted molar refractivity (Wildman–Crippen MR) is 223 cm³/mol. The molecule has 272 valence electrons. The molecule has 0 unspecified atom stereocenters. The molecule has 7 aromatic rings. The Morgan fingerprint density at radius 2 is 1.07 bits per heavy atom. The summed E-state index contributed by atoms with van der Waals surface area (Å²) >= 11 is 0. The second-order valence-corrected chi connectivity index (χ2v) is 14.1. The molecule has 0 radical (unpaired) electrons. The van der Waals surface area contributed by atoms with Crippen molar-refractivity contribution in [3.05, 3.63) is 162 Å². The van der Waals surface area contributed by atoms with E-state index in [9.17, 15) is 20.1 Å². The van der Waals surface area contributed by atoms with Gasteiger partial charge in [-0.05, 0) is 77.5 Å². The SMILES string of the molecule is C=Cc1ccc(CN(CCCOCCN(Cc2ccccc2B(O)O)Cc2ccc3ccc4cccc5ccc2c3c45)Cc2ccccc2B(O)O)cc1. The second-order valence-electron chi connectivity index (χ2n) is 14.1. The quantitative estimate of drug-likeness (QED) is 0.0515. The molecule has 7 rings (SSSR count). The van der Waals surface area contributed by atoms with Gasteiger partial charge in [-0.15, -0.1) is 0 Å². The summed E-state index contributed by atoms with van der Waals surface area (Å²) in [5.41, 5.74) is 6.22. The molecular weight excluding hydrogens is 670 g/mol. The molecular formula is C45H46B2N2O5. The minimum Gasteiger partial charge on any atom is -0.423 e. The van der Waals surface area contributed by atoms with Gasteiger partial charge in [0.1, 0.15) is 0 Å². The molecule has 7 nitrogen and oxygen atoms in total. The molecule has 0 fully saturated rings. The zero-order chi connectivity index (χ0) is 37.4. The van der Waals surface area contributed by atoms with E-state index in [0.29, 0.717) is 56.9 Å². The fourth-order valence-corrected chi connectivity index (χ4v) is 7.65. The molecule has 0 aromatic heterocycles. The topological polar surface area (TPSA) is 96.6 Å². The lowest BCUT2D eigenvalue weighted by molar-refractivity contribution is 0.0893. The van der Waals surface area contributed by atoms with E-state index in [2.05, 4.69) is 95.2 Å². The summed E-state index contributed by atoms with van der Waals surface area (Å²) in [6.45, 7) is 8.83. The highest BCUT2D eigenvalue weighted by Gasteiger charge is 2.20. The summed E-state index contributed by atoms with van der Waals surface area (Å²) in [5.74, 6) is 0. The summed E-state index contributed by atoms with van der Waals surface area (Å²) in [6.07, 6.45) is 2.63. The Hall–Kier alpha value is -4.83. The van der Waals surface area contributed by atoms with Crippen molar-refractivity contribution in [1.29, 1.82) is 0 Å². The van der Waals surface area contributed by atoms with Gasteiger partial charge < -0.3 is 24.8 Å². The predicted octanol–water partition coefficient (Wildman–Crippen LogP) is 5.70. The Morgan fingerprint density at radius 1 is 0.519 bits per heavy atom. The summed E-state index contributed by atoms with van der Waals surface area (Å²) in [6, 6.07) is 43.0. The largest absolute Gasteiger partial charge is 0.488 e. The fraction of sp³-hybridized carbons (Fsp3) is 0.200. The first-order valence-electron chi connectivity index (χ1n) is 18.6. The van der Waals surface area contributed by atoms with Crippen molar-refractivity contribution in [2.45, 2.75) is 32.6 Å². The number of nitrogens with zero attached hydrogens (tertiary/aromatic N) is 2. The molecule has 0 aliphatic rings. The van der Waals surface area contributed by atoms with Crippen molar-refractivity contribution in [2.24, 2.45) is 0 Å². The number of hydrogen-bond acceptors (Lipinski definition) is 7. The maximum atomic E-state index is 10.2. The third-order valence-corrected chi connectivity index (χ3v) is 10.4. The van der Waals surface area contributed by atoms with E-state index in [1.807, 2.05) is 42.5 Å². The standard InChI is InChI=1S/C45H46B2N2O5/c1-2-33-15-17-34(18-16-33)29-48(31-39-9-3-5-13-42(39)46(50)51)25-8-27-54-28-26-49(32-40-10-4-6-14-43(40)47(52)53)30-38-22-21-37-20-19-35-11-7-12-36-23-24-41(38)45(37)44(35)36/h2-7,9-24,50-53H,1,8,25-32H2. The van der Waals surface area contributed by atoms with Crippen LogP contribution in [0.5, 0.6) is 0 Å². The van der Waals surface area contributed by atoms with Crippen LogP contribution in [0.2, 0.25) is 0 Å². The van der Waals surface area contributed by atoms with E-state index < -0.39 is 14.2 Å². The van der Waals surface area contributed by atoms with Crippen LogP contribution in [0.15, 0.2) is 134 Å². The summed E-state index contributed by atoms with van der Waals surface area (Å²) in [7, 11) is -3.08. The second kappa shape index (κ2) is 17.5. The van der Waals surface area contributed by atoms with E-state index >= 15 is 0 Å². The van der Waals surface area contributed by atoms with Gasteiger partial charge in [-0.3, -0.25) is 9.80 Å². The van der Waals surface area contributed by atoms with Gasteiger partial charge in [0.25, 0.3) is 0 Å². The van der Waals surface area contributed by atoms with Crippen molar-refractivity contribution in [2.75, 3.05) is 26.3 Å². The Balaban J connectivity index is 1.04. The summed E-state index contributed by atoms with van der Waals surface area (Å²) < 4.78 is 6.28. The van der Waals surface area contributed by atoms with Gasteiger partial charge >= 0.3 is 14.2 Å². The van der Waals surface area contributed by atoms with Crippen LogP contribution in [0.25, 0.3) is 38.4 Å². The lowest BCUT2D eigenvalue weighted by Gasteiger charge is -2.26. The molecule has 54 heavy (non-hydrogen) atoms. The molecule has 4 N–H and O–H groups in total. The Morgan fingerprint density at radius 3 is 1.70 bits per heavy atom. The highest BCUT2D eigenvalue weighted by Crippen LogP contribution is 2.36. The molecule has 0 heterocycles. The van der Waals surface area contributed by atoms with Crippen LogP contribution in [0.3, 0.4) is 0 Å². The molecule has 0 spiro atoms. The third-order valence-electron chi connectivity index (χ3n) is 10.4. The fourth-order valence-electron chi connectivity index (χ4n) is 7.65. The number of rotatable bonds is 18. The Bertz CT molecular complexity index is 2300. The number of hydrogen-bond donors (Lipinski definition) is 4. The normalized spacial score (nSPS) is 11.7. The molecule has 0 aliphatic carbocycles. The van der Waals surface area contributed by atoms with Crippen LogP contribution in [0.4, 0.5) is 0 Å². The molecule has 0 amide bonds. The molecule has 0 atom stereocenters.